The van der Waals surface area contributed by atoms with Gasteiger partial charge in [0.1, 0.15) is 5.75 Å². The van der Waals surface area contributed by atoms with Gasteiger partial charge in [0.2, 0.25) is 0 Å². The zero-order valence-corrected chi connectivity index (χ0v) is 11.2. The van der Waals surface area contributed by atoms with E-state index >= 15 is 0 Å². The quantitative estimate of drug-likeness (QED) is 0.879. The molecule has 1 aromatic carbocycles. The van der Waals surface area contributed by atoms with Crippen LogP contribution in [0.5, 0.6) is 5.75 Å². The van der Waals surface area contributed by atoms with Crippen molar-refractivity contribution in [3.63, 3.8) is 0 Å². The first-order chi connectivity index (χ1) is 8.52. The monoisotopic (exact) mass is 242 g/mol. The van der Waals surface area contributed by atoms with Gasteiger partial charge in [-0.05, 0) is 56.2 Å². The Morgan fingerprint density at radius 2 is 1.78 bits per heavy atom. The first kappa shape index (κ1) is 12.4. The van der Waals surface area contributed by atoms with E-state index in [0.29, 0.717) is 0 Å². The van der Waals surface area contributed by atoms with Crippen LogP contribution in [0.4, 0.5) is 5.69 Å². The zero-order chi connectivity index (χ0) is 13.3. The van der Waals surface area contributed by atoms with Crippen molar-refractivity contribution in [3.8, 4) is 17.0 Å². The Labute approximate surface area is 108 Å². The van der Waals surface area contributed by atoms with Crippen molar-refractivity contribution in [3.05, 3.63) is 41.1 Å². The molecular weight excluding hydrogens is 224 g/mol. The Bertz CT molecular complexity index is 591. The van der Waals surface area contributed by atoms with E-state index in [1.54, 1.807) is 7.11 Å². The van der Waals surface area contributed by atoms with Gasteiger partial charge < -0.3 is 10.5 Å². The molecule has 0 radical (unpaired) electrons. The molecule has 1 heterocycles. The fourth-order valence-electron chi connectivity index (χ4n) is 2.01. The predicted molar refractivity (Wildman–Crippen MR) is 74.8 cm³/mol. The van der Waals surface area contributed by atoms with Crippen LogP contribution >= 0.6 is 0 Å². The van der Waals surface area contributed by atoms with E-state index < -0.39 is 0 Å². The van der Waals surface area contributed by atoms with Crippen molar-refractivity contribution in [2.24, 2.45) is 0 Å². The molecule has 0 amide bonds. The number of nitrogens with two attached hydrogens (primary N) is 1. The lowest BCUT2D eigenvalue weighted by atomic mass is 10.0. The standard InChI is InChI=1S/C15H18N2O/c1-9-8-15(18-4)10(2)7-12(9)14-6-5-13(16)11(3)17-14/h5-8H,16H2,1-4H3. The van der Waals surface area contributed by atoms with Crippen LogP contribution in [0.3, 0.4) is 0 Å². The third kappa shape index (κ3) is 2.16. The van der Waals surface area contributed by atoms with Gasteiger partial charge in [-0.2, -0.15) is 0 Å². The molecule has 2 N–H and O–H groups in total. The average molecular weight is 242 g/mol. The molecule has 3 nitrogen and oxygen atoms in total. The number of hydrogen-bond acceptors (Lipinski definition) is 3. The van der Waals surface area contributed by atoms with Crippen LogP contribution in [0.15, 0.2) is 24.3 Å². The fourth-order valence-corrected chi connectivity index (χ4v) is 2.01. The molecule has 0 spiro atoms. The van der Waals surface area contributed by atoms with E-state index in [0.717, 1.165) is 39.5 Å². The van der Waals surface area contributed by atoms with Crippen LogP contribution in [0.1, 0.15) is 16.8 Å². The summed E-state index contributed by atoms with van der Waals surface area (Å²) >= 11 is 0. The number of methoxy groups -OCH3 is 1. The van der Waals surface area contributed by atoms with Gasteiger partial charge >= 0.3 is 0 Å². The summed E-state index contributed by atoms with van der Waals surface area (Å²) in [7, 11) is 1.69. The second-order valence-electron chi connectivity index (χ2n) is 4.51. The number of aromatic nitrogens is 1. The summed E-state index contributed by atoms with van der Waals surface area (Å²) in [5.41, 5.74) is 11.7. The van der Waals surface area contributed by atoms with Gasteiger partial charge in [0.15, 0.2) is 0 Å². The molecule has 0 fully saturated rings. The molecule has 3 heteroatoms. The summed E-state index contributed by atoms with van der Waals surface area (Å²) in [4.78, 5) is 4.53. The summed E-state index contributed by atoms with van der Waals surface area (Å²) in [6.45, 7) is 6.02. The van der Waals surface area contributed by atoms with Crippen molar-refractivity contribution in [2.45, 2.75) is 20.8 Å². The van der Waals surface area contributed by atoms with Gasteiger partial charge in [-0.1, -0.05) is 0 Å². The van der Waals surface area contributed by atoms with E-state index in [-0.39, 0.29) is 0 Å². The van der Waals surface area contributed by atoms with Crippen molar-refractivity contribution >= 4 is 5.69 Å². The zero-order valence-electron chi connectivity index (χ0n) is 11.2. The third-order valence-electron chi connectivity index (χ3n) is 3.14. The van der Waals surface area contributed by atoms with Crippen molar-refractivity contribution in [1.29, 1.82) is 0 Å². The first-order valence-corrected chi connectivity index (χ1v) is 5.91. The minimum absolute atomic E-state index is 0.724. The lowest BCUT2D eigenvalue weighted by molar-refractivity contribution is 0.411. The van der Waals surface area contributed by atoms with Gasteiger partial charge in [-0.3, -0.25) is 4.98 Å². The predicted octanol–water partition coefficient (Wildman–Crippen LogP) is 3.26. The molecule has 0 aliphatic heterocycles. The van der Waals surface area contributed by atoms with Crippen molar-refractivity contribution < 1.29 is 4.74 Å². The second-order valence-corrected chi connectivity index (χ2v) is 4.51. The van der Waals surface area contributed by atoms with E-state index in [9.17, 15) is 0 Å². The molecule has 0 bridgehead atoms. The summed E-state index contributed by atoms with van der Waals surface area (Å²) in [5.74, 6) is 0.906. The van der Waals surface area contributed by atoms with E-state index in [4.69, 9.17) is 10.5 Å². The Balaban J connectivity index is 2.57. The summed E-state index contributed by atoms with van der Waals surface area (Å²) in [6, 6.07) is 8.00. The average Bonchev–Trinajstić information content (AvgIpc) is 2.35. The largest absolute Gasteiger partial charge is 0.496 e. The maximum atomic E-state index is 5.80. The number of nitrogens with zero attached hydrogens (tertiary/aromatic N) is 1. The molecular formula is C15H18N2O. The maximum Gasteiger partial charge on any atom is 0.122 e. The molecule has 0 saturated carbocycles. The molecule has 1 aromatic heterocycles. The van der Waals surface area contributed by atoms with Crippen LogP contribution in [-0.4, -0.2) is 12.1 Å². The summed E-state index contributed by atoms with van der Waals surface area (Å²) in [5, 5.41) is 0. The number of ether oxygens (including phenoxy) is 1. The highest BCUT2D eigenvalue weighted by atomic mass is 16.5. The first-order valence-electron chi connectivity index (χ1n) is 5.91. The molecule has 18 heavy (non-hydrogen) atoms. The fraction of sp³-hybridized carbons (Fsp3) is 0.267. The Hall–Kier alpha value is -2.03. The lowest BCUT2D eigenvalue weighted by Crippen LogP contribution is -1.96. The van der Waals surface area contributed by atoms with Crippen LogP contribution in [-0.2, 0) is 0 Å². The van der Waals surface area contributed by atoms with Crippen LogP contribution < -0.4 is 10.5 Å². The number of anilines is 1. The number of nitrogen functional groups attached to an aromatic ring is 1. The van der Waals surface area contributed by atoms with Crippen LogP contribution in [0, 0.1) is 20.8 Å². The number of rotatable bonds is 2. The molecule has 0 saturated heterocycles. The van der Waals surface area contributed by atoms with Crippen LogP contribution in [0.25, 0.3) is 11.3 Å². The van der Waals surface area contributed by atoms with Gasteiger partial charge in [-0.25, -0.2) is 0 Å². The molecule has 94 valence electrons. The number of benzene rings is 1. The van der Waals surface area contributed by atoms with E-state index in [1.165, 1.54) is 0 Å². The van der Waals surface area contributed by atoms with Gasteiger partial charge in [-0.15, -0.1) is 0 Å². The third-order valence-corrected chi connectivity index (χ3v) is 3.14. The van der Waals surface area contributed by atoms with Gasteiger partial charge in [0, 0.05) is 5.56 Å². The van der Waals surface area contributed by atoms with Crippen LogP contribution in [0.2, 0.25) is 0 Å². The molecule has 0 atom stereocenters. The SMILES string of the molecule is COc1cc(C)c(-c2ccc(N)c(C)n2)cc1C. The number of pyridine rings is 1. The van der Waals surface area contributed by atoms with Gasteiger partial charge in [0.25, 0.3) is 0 Å². The number of aryl methyl sites for hydroxylation is 3. The van der Waals surface area contributed by atoms with E-state index in [2.05, 4.69) is 18.0 Å². The van der Waals surface area contributed by atoms with E-state index in [1.807, 2.05) is 32.0 Å². The van der Waals surface area contributed by atoms with Gasteiger partial charge in [0.05, 0.1) is 24.2 Å². The summed E-state index contributed by atoms with van der Waals surface area (Å²) < 4.78 is 5.32. The Morgan fingerprint density at radius 3 is 2.39 bits per heavy atom. The minimum Gasteiger partial charge on any atom is -0.496 e. The molecule has 0 aliphatic rings. The van der Waals surface area contributed by atoms with Crippen molar-refractivity contribution in [2.75, 3.05) is 12.8 Å². The van der Waals surface area contributed by atoms with Crippen molar-refractivity contribution in [1.82, 2.24) is 4.98 Å². The second kappa shape index (κ2) is 4.69. The molecule has 2 rings (SSSR count). The minimum atomic E-state index is 0.724. The molecule has 2 aromatic rings. The maximum absolute atomic E-state index is 5.80. The lowest BCUT2D eigenvalue weighted by Gasteiger charge is -2.12. The Morgan fingerprint density at radius 1 is 1.06 bits per heavy atom. The smallest absolute Gasteiger partial charge is 0.122 e. The highest BCUT2D eigenvalue weighted by Gasteiger charge is 2.08. The molecule has 0 unspecified atom stereocenters. The number of hydrogen-bond donors (Lipinski definition) is 1. The Kier molecular flexibility index (Phi) is 3.24. The topological polar surface area (TPSA) is 48.1 Å². The molecule has 0 aliphatic carbocycles. The highest BCUT2D eigenvalue weighted by Crippen LogP contribution is 2.29. The highest BCUT2D eigenvalue weighted by molar-refractivity contribution is 5.68. The summed E-state index contributed by atoms with van der Waals surface area (Å²) in [6.07, 6.45) is 0. The normalized spacial score (nSPS) is 10.4.